The third kappa shape index (κ3) is 4.99. The molecule has 0 amide bonds. The number of rotatable bonds is 10. The fraction of sp³-hybridized carbons (Fsp3) is 0.240. The average molecular weight is 494 g/mol. The van der Waals surface area contributed by atoms with E-state index in [0.29, 0.717) is 24.0 Å². The molecule has 36 heavy (non-hydrogen) atoms. The van der Waals surface area contributed by atoms with Gasteiger partial charge in [0.2, 0.25) is 0 Å². The van der Waals surface area contributed by atoms with Crippen molar-refractivity contribution >= 4 is 35.0 Å². The van der Waals surface area contributed by atoms with Crippen LogP contribution in [0.5, 0.6) is 11.5 Å². The molecule has 1 aromatic carbocycles. The molecule has 3 heterocycles. The van der Waals surface area contributed by atoms with Gasteiger partial charge in [-0.1, -0.05) is 0 Å². The third-order valence-corrected chi connectivity index (χ3v) is 5.45. The van der Waals surface area contributed by atoms with Gasteiger partial charge in [-0.15, -0.1) is 0 Å². The van der Waals surface area contributed by atoms with Crippen LogP contribution in [-0.4, -0.2) is 59.5 Å². The molecule has 4 rings (SSSR count). The third-order valence-electron chi connectivity index (χ3n) is 5.45. The van der Waals surface area contributed by atoms with Crippen LogP contribution in [0, 0.1) is 17.0 Å². The summed E-state index contributed by atoms with van der Waals surface area (Å²) in [7, 11) is 4.41. The Kier molecular flexibility index (Phi) is 7.47. The molecular formula is C25H25F2N7O2. The van der Waals surface area contributed by atoms with Gasteiger partial charge >= 0.3 is 0 Å². The van der Waals surface area contributed by atoms with Crippen molar-refractivity contribution < 1.29 is 18.3 Å². The number of anilines is 2. The van der Waals surface area contributed by atoms with Crippen molar-refractivity contribution in [1.82, 2.24) is 19.7 Å². The topological polar surface area (TPSA) is 102 Å². The number of aliphatic imine (C=N–C) groups is 1. The fourth-order valence-corrected chi connectivity index (χ4v) is 3.65. The van der Waals surface area contributed by atoms with Crippen LogP contribution in [0.1, 0.15) is 6.42 Å². The molecule has 0 unspecified atom stereocenters. The van der Waals surface area contributed by atoms with E-state index in [9.17, 15) is 0 Å². The molecule has 0 fully saturated rings. The van der Waals surface area contributed by atoms with Gasteiger partial charge in [0.25, 0.3) is 0 Å². The van der Waals surface area contributed by atoms with Gasteiger partial charge in [0.1, 0.15) is 11.5 Å². The Labute approximate surface area is 206 Å². The number of aromatic nitrogens is 4. The second-order valence-corrected chi connectivity index (χ2v) is 7.78. The van der Waals surface area contributed by atoms with Crippen LogP contribution in [-0.2, 0) is 7.05 Å². The monoisotopic (exact) mass is 493 g/mol. The Bertz CT molecular complexity index is 1390. The van der Waals surface area contributed by atoms with Gasteiger partial charge in [-0.3, -0.25) is 14.7 Å². The Morgan fingerprint density at radius 3 is 2.44 bits per heavy atom. The zero-order valence-electron chi connectivity index (χ0n) is 20.1. The van der Waals surface area contributed by atoms with Crippen LogP contribution in [0.3, 0.4) is 0 Å². The largest absolute Gasteiger partial charge is 0.493 e. The molecule has 0 bridgehead atoms. The first-order valence-corrected chi connectivity index (χ1v) is 11.1. The quantitative estimate of drug-likeness (QED) is 0.256. The summed E-state index contributed by atoms with van der Waals surface area (Å²) in [5.41, 5.74) is 2.45. The lowest BCUT2D eigenvalue weighted by Crippen LogP contribution is -2.23. The molecule has 0 aliphatic carbocycles. The number of hydrogen-bond donors (Lipinski definition) is 1. The molecule has 0 aliphatic rings. The summed E-state index contributed by atoms with van der Waals surface area (Å²) in [6, 6.07) is 6.37. The number of benzene rings is 1. The summed E-state index contributed by atoms with van der Waals surface area (Å²) in [4.78, 5) is 14.7. The smallest absolute Gasteiger partial charge is 0.191 e. The molecule has 0 saturated carbocycles. The van der Waals surface area contributed by atoms with Crippen LogP contribution < -0.4 is 14.4 Å². The molecule has 1 N–H and O–H groups in total. The first-order chi connectivity index (χ1) is 17.5. The lowest BCUT2D eigenvalue weighted by molar-refractivity contribution is 0.359. The second kappa shape index (κ2) is 10.9. The maximum Gasteiger partial charge on any atom is 0.191 e. The van der Waals surface area contributed by atoms with Gasteiger partial charge in [0, 0.05) is 55.8 Å². The molecule has 9 nitrogen and oxygen atoms in total. The van der Waals surface area contributed by atoms with Gasteiger partial charge in [-0.05, 0) is 24.4 Å². The lowest BCUT2D eigenvalue weighted by Gasteiger charge is -2.25. The molecule has 3 aromatic heterocycles. The minimum absolute atomic E-state index is 0.0103. The second-order valence-electron chi connectivity index (χ2n) is 7.78. The van der Waals surface area contributed by atoms with Crippen molar-refractivity contribution in [2.75, 3.05) is 32.2 Å². The number of hydrogen-bond acceptors (Lipinski definition) is 8. The average Bonchev–Trinajstić information content (AvgIpc) is 3.33. The molecule has 0 spiro atoms. The number of ether oxygens (including phenoxy) is 2. The molecule has 11 heteroatoms. The highest BCUT2D eigenvalue weighted by Crippen LogP contribution is 2.39. The van der Waals surface area contributed by atoms with Crippen LogP contribution in [0.4, 0.5) is 20.3 Å². The Balaban J connectivity index is 1.84. The van der Waals surface area contributed by atoms with Crippen molar-refractivity contribution in [2.24, 2.45) is 12.0 Å². The van der Waals surface area contributed by atoms with E-state index in [1.54, 1.807) is 29.2 Å². The number of nitrogens with one attached hydrogen (secondary N) is 1. The summed E-state index contributed by atoms with van der Waals surface area (Å²) >= 11 is 0. The standard InChI is InChI=1S/C25H25F2N7O2/c1-33-15-17(14-31-33)16-11-19-18(30-13-16)5-6-22(32-19)34(10-9-29-8-4-7-28)25-23(26)20(35-2)12-21(36-3)24(25)27/h5-7,9,11-15,28H,4,8,10H2,1-3H3. The molecule has 0 atom stereocenters. The van der Waals surface area contributed by atoms with Crippen LogP contribution in [0.15, 0.2) is 47.8 Å². The Morgan fingerprint density at radius 1 is 1.06 bits per heavy atom. The molecule has 0 saturated heterocycles. The van der Waals surface area contributed by atoms with E-state index in [-0.39, 0.29) is 29.5 Å². The summed E-state index contributed by atoms with van der Waals surface area (Å²) in [5, 5.41) is 11.3. The van der Waals surface area contributed by atoms with Crippen LogP contribution in [0.2, 0.25) is 0 Å². The zero-order valence-corrected chi connectivity index (χ0v) is 20.1. The van der Waals surface area contributed by atoms with Gasteiger partial charge in [0.15, 0.2) is 23.1 Å². The molecule has 4 aromatic rings. The van der Waals surface area contributed by atoms with Crippen molar-refractivity contribution in [3.63, 3.8) is 0 Å². The SMILES string of the molecule is COc1cc(OC)c(F)c(N(CC=NCCC=N)c2ccc3ncc(-c4cnn(C)c4)cc3n2)c1F. The maximum atomic E-state index is 15.4. The van der Waals surface area contributed by atoms with Gasteiger partial charge < -0.3 is 19.8 Å². The van der Waals surface area contributed by atoms with E-state index in [1.807, 2.05) is 19.3 Å². The summed E-state index contributed by atoms with van der Waals surface area (Å²) in [5.74, 6) is -1.86. The van der Waals surface area contributed by atoms with Gasteiger partial charge in [0.05, 0.1) is 38.0 Å². The van der Waals surface area contributed by atoms with E-state index in [0.717, 1.165) is 17.2 Å². The van der Waals surface area contributed by atoms with Crippen molar-refractivity contribution in [1.29, 1.82) is 5.41 Å². The molecule has 0 aliphatic heterocycles. The van der Waals surface area contributed by atoms with Crippen molar-refractivity contribution in [2.45, 2.75) is 6.42 Å². The fourth-order valence-electron chi connectivity index (χ4n) is 3.65. The predicted octanol–water partition coefficient (Wildman–Crippen LogP) is 4.57. The highest BCUT2D eigenvalue weighted by atomic mass is 19.1. The van der Waals surface area contributed by atoms with E-state index in [2.05, 4.69) is 20.1 Å². The summed E-state index contributed by atoms with van der Waals surface area (Å²) < 4.78 is 42.8. The summed E-state index contributed by atoms with van der Waals surface area (Å²) in [6.07, 6.45) is 8.54. The van der Waals surface area contributed by atoms with Crippen LogP contribution in [0.25, 0.3) is 22.2 Å². The normalized spacial score (nSPS) is 11.2. The highest BCUT2D eigenvalue weighted by Gasteiger charge is 2.26. The zero-order chi connectivity index (χ0) is 25.7. The minimum Gasteiger partial charge on any atom is -0.493 e. The van der Waals surface area contributed by atoms with E-state index in [1.165, 1.54) is 31.5 Å². The number of fused-ring (bicyclic) bond motifs is 1. The molecule has 186 valence electrons. The maximum absolute atomic E-state index is 15.4. The van der Waals surface area contributed by atoms with E-state index >= 15 is 8.78 Å². The number of aryl methyl sites for hydroxylation is 1. The Hall–Kier alpha value is -4.41. The summed E-state index contributed by atoms with van der Waals surface area (Å²) in [6.45, 7) is 0.393. The molecular weight excluding hydrogens is 468 g/mol. The van der Waals surface area contributed by atoms with Crippen molar-refractivity contribution in [3.05, 3.63) is 54.5 Å². The number of nitrogens with zero attached hydrogens (tertiary/aromatic N) is 6. The van der Waals surface area contributed by atoms with Gasteiger partial charge in [-0.25, -0.2) is 13.8 Å². The highest BCUT2D eigenvalue weighted by molar-refractivity contribution is 5.83. The van der Waals surface area contributed by atoms with E-state index < -0.39 is 11.6 Å². The number of halogens is 2. The number of methoxy groups -OCH3 is 2. The lowest BCUT2D eigenvalue weighted by atomic mass is 10.1. The van der Waals surface area contributed by atoms with Crippen molar-refractivity contribution in [3.8, 4) is 22.6 Å². The predicted molar refractivity (Wildman–Crippen MR) is 135 cm³/mol. The first kappa shape index (κ1) is 24.7. The van der Waals surface area contributed by atoms with E-state index in [4.69, 9.17) is 14.9 Å². The Morgan fingerprint density at radius 2 is 1.81 bits per heavy atom. The first-order valence-electron chi connectivity index (χ1n) is 11.1. The van der Waals surface area contributed by atoms with Crippen LogP contribution >= 0.6 is 0 Å². The molecule has 0 radical (unpaired) electrons. The van der Waals surface area contributed by atoms with Gasteiger partial charge in [-0.2, -0.15) is 5.10 Å². The number of pyridine rings is 2. The minimum atomic E-state index is -0.896.